The van der Waals surface area contributed by atoms with Gasteiger partial charge in [-0.25, -0.2) is 0 Å². The quantitative estimate of drug-likeness (QED) is 0.853. The second kappa shape index (κ2) is 4.17. The van der Waals surface area contributed by atoms with E-state index in [9.17, 15) is 0 Å². The number of nitrogens with zero attached hydrogens (tertiary/aromatic N) is 3. The molecule has 1 atom stereocenters. The van der Waals surface area contributed by atoms with Crippen LogP contribution in [-0.2, 0) is 6.42 Å². The largest absolute Gasteiger partial charge is 0.324 e. The van der Waals surface area contributed by atoms with Gasteiger partial charge in [0.1, 0.15) is 0 Å². The van der Waals surface area contributed by atoms with Crippen molar-refractivity contribution in [2.24, 2.45) is 11.1 Å². The Labute approximate surface area is 113 Å². The van der Waals surface area contributed by atoms with Gasteiger partial charge in [0.05, 0.1) is 0 Å². The lowest BCUT2D eigenvalue weighted by atomic mass is 9.74. The number of aromatic nitrogens is 3. The average molecular weight is 256 g/mol. The van der Waals surface area contributed by atoms with Crippen molar-refractivity contribution >= 4 is 0 Å². The summed E-state index contributed by atoms with van der Waals surface area (Å²) >= 11 is 0. The van der Waals surface area contributed by atoms with Gasteiger partial charge in [0.2, 0.25) is 0 Å². The van der Waals surface area contributed by atoms with Crippen LogP contribution in [0.2, 0.25) is 0 Å². The molecule has 0 bridgehead atoms. The molecule has 1 unspecified atom stereocenters. The molecule has 2 aromatic rings. The van der Waals surface area contributed by atoms with Crippen LogP contribution >= 0.6 is 0 Å². The Morgan fingerprint density at radius 2 is 2.21 bits per heavy atom. The van der Waals surface area contributed by atoms with Gasteiger partial charge < -0.3 is 10.3 Å². The molecule has 1 aliphatic rings. The zero-order valence-corrected chi connectivity index (χ0v) is 11.7. The molecule has 3 rings (SSSR count). The van der Waals surface area contributed by atoms with E-state index in [-0.39, 0.29) is 11.5 Å². The topological polar surface area (TPSA) is 56.7 Å². The predicted molar refractivity (Wildman–Crippen MR) is 75.1 cm³/mol. The van der Waals surface area contributed by atoms with Crippen LogP contribution in [0.4, 0.5) is 0 Å². The monoisotopic (exact) mass is 256 g/mol. The lowest BCUT2D eigenvalue weighted by Crippen LogP contribution is -2.30. The van der Waals surface area contributed by atoms with Crippen LogP contribution in [0.5, 0.6) is 0 Å². The lowest BCUT2D eigenvalue weighted by Gasteiger charge is -2.34. The van der Waals surface area contributed by atoms with Crippen LogP contribution in [0.15, 0.2) is 24.4 Å². The molecule has 4 heteroatoms. The van der Waals surface area contributed by atoms with Crippen LogP contribution in [0.25, 0.3) is 5.82 Å². The van der Waals surface area contributed by atoms with Crippen LogP contribution in [0.3, 0.4) is 0 Å². The minimum atomic E-state index is 0.121. The van der Waals surface area contributed by atoms with Gasteiger partial charge in [-0.05, 0) is 48.9 Å². The maximum Gasteiger partial charge on any atom is 0.159 e. The van der Waals surface area contributed by atoms with Crippen molar-refractivity contribution in [3.05, 3.63) is 41.3 Å². The van der Waals surface area contributed by atoms with Gasteiger partial charge in [0.25, 0.3) is 0 Å². The van der Waals surface area contributed by atoms with Crippen molar-refractivity contribution in [1.82, 2.24) is 14.8 Å². The lowest BCUT2D eigenvalue weighted by molar-refractivity contribution is 0.278. The Morgan fingerprint density at radius 1 is 1.42 bits per heavy atom. The molecule has 0 aromatic carbocycles. The van der Waals surface area contributed by atoms with Gasteiger partial charge >= 0.3 is 0 Å². The molecule has 0 aliphatic heterocycles. The summed E-state index contributed by atoms with van der Waals surface area (Å²) in [6.07, 6.45) is 3.76. The fourth-order valence-electron chi connectivity index (χ4n) is 3.18. The first-order valence-electron chi connectivity index (χ1n) is 6.73. The first-order chi connectivity index (χ1) is 8.98. The number of rotatable bonds is 1. The maximum atomic E-state index is 6.33. The smallest absolute Gasteiger partial charge is 0.159 e. The van der Waals surface area contributed by atoms with E-state index in [4.69, 9.17) is 5.73 Å². The summed E-state index contributed by atoms with van der Waals surface area (Å²) in [5.41, 5.74) is 10.3. The highest BCUT2D eigenvalue weighted by Gasteiger charge is 2.33. The van der Waals surface area contributed by atoms with E-state index in [1.54, 1.807) is 6.20 Å². The van der Waals surface area contributed by atoms with E-state index in [0.717, 1.165) is 18.7 Å². The van der Waals surface area contributed by atoms with E-state index >= 15 is 0 Å². The summed E-state index contributed by atoms with van der Waals surface area (Å²) in [7, 11) is 0. The normalized spacial score (nSPS) is 21.2. The Kier molecular flexibility index (Phi) is 2.71. The molecule has 0 saturated heterocycles. The number of nitrogens with two attached hydrogens (primary N) is 1. The molecule has 0 amide bonds. The molecular formula is C15H20N4. The average Bonchev–Trinajstić information content (AvgIpc) is 2.65. The third-order valence-corrected chi connectivity index (χ3v) is 3.93. The molecule has 0 fully saturated rings. The fourth-order valence-corrected chi connectivity index (χ4v) is 3.18. The van der Waals surface area contributed by atoms with Gasteiger partial charge in [-0.2, -0.15) is 5.10 Å². The second-order valence-electron chi connectivity index (χ2n) is 6.26. The molecule has 2 heterocycles. The number of fused-ring (bicyclic) bond motifs is 1. The van der Waals surface area contributed by atoms with Gasteiger partial charge in [-0.3, -0.25) is 0 Å². The minimum absolute atomic E-state index is 0.121. The van der Waals surface area contributed by atoms with Crippen molar-refractivity contribution in [3.63, 3.8) is 0 Å². The Hall–Kier alpha value is -1.68. The van der Waals surface area contributed by atoms with Crippen LogP contribution in [0, 0.1) is 12.3 Å². The Bertz CT molecular complexity index is 598. The van der Waals surface area contributed by atoms with Gasteiger partial charge in [-0.1, -0.05) is 13.8 Å². The first kappa shape index (κ1) is 12.4. The molecule has 0 radical (unpaired) electrons. The summed E-state index contributed by atoms with van der Waals surface area (Å²) in [5.74, 6) is 0.881. The Balaban J connectivity index is 2.18. The molecule has 4 nitrogen and oxygen atoms in total. The maximum absolute atomic E-state index is 6.33. The van der Waals surface area contributed by atoms with Crippen LogP contribution < -0.4 is 5.73 Å². The van der Waals surface area contributed by atoms with Crippen LogP contribution in [0.1, 0.15) is 43.3 Å². The highest BCUT2D eigenvalue weighted by molar-refractivity contribution is 5.40. The zero-order valence-electron chi connectivity index (χ0n) is 11.7. The highest BCUT2D eigenvalue weighted by atomic mass is 15.2. The Morgan fingerprint density at radius 3 is 2.89 bits per heavy atom. The molecule has 1 aliphatic carbocycles. The van der Waals surface area contributed by atoms with Gasteiger partial charge in [0.15, 0.2) is 5.82 Å². The fraction of sp³-hybridized carbons (Fsp3) is 0.467. The van der Waals surface area contributed by atoms with E-state index < -0.39 is 0 Å². The standard InChI is InChI=1S/C15H20N4/c1-10-7-11-12(16)8-15(2,3)9-13(11)19(10)14-5-4-6-17-18-14/h4-7,12H,8-9,16H2,1-3H3. The first-order valence-corrected chi connectivity index (χ1v) is 6.73. The second-order valence-corrected chi connectivity index (χ2v) is 6.26. The molecule has 19 heavy (non-hydrogen) atoms. The minimum Gasteiger partial charge on any atom is -0.324 e. The molecule has 2 aromatic heterocycles. The van der Waals surface area contributed by atoms with Crippen molar-refractivity contribution in [3.8, 4) is 5.82 Å². The summed E-state index contributed by atoms with van der Waals surface area (Å²) in [6, 6.07) is 6.23. The number of hydrogen-bond acceptors (Lipinski definition) is 3. The van der Waals surface area contributed by atoms with E-state index in [1.165, 1.54) is 17.0 Å². The van der Waals surface area contributed by atoms with E-state index in [0.29, 0.717) is 0 Å². The van der Waals surface area contributed by atoms with Gasteiger partial charge in [-0.15, -0.1) is 5.10 Å². The molecule has 2 N–H and O–H groups in total. The third-order valence-electron chi connectivity index (χ3n) is 3.93. The SMILES string of the molecule is Cc1cc2c(n1-c1cccnn1)CC(C)(C)CC2N. The summed E-state index contributed by atoms with van der Waals surface area (Å²) in [4.78, 5) is 0. The highest BCUT2D eigenvalue weighted by Crippen LogP contribution is 2.41. The number of aryl methyl sites for hydroxylation is 1. The summed E-state index contributed by atoms with van der Waals surface area (Å²) in [6.45, 7) is 6.66. The van der Waals surface area contributed by atoms with Crippen molar-refractivity contribution < 1.29 is 0 Å². The molecule has 0 spiro atoms. The summed E-state index contributed by atoms with van der Waals surface area (Å²) in [5, 5.41) is 8.22. The molecule has 100 valence electrons. The number of hydrogen-bond donors (Lipinski definition) is 1. The zero-order chi connectivity index (χ0) is 13.6. The third kappa shape index (κ3) is 2.06. The summed E-state index contributed by atoms with van der Waals surface area (Å²) < 4.78 is 2.20. The predicted octanol–water partition coefficient (Wildman–Crippen LogP) is 2.55. The van der Waals surface area contributed by atoms with E-state index in [2.05, 4.69) is 41.6 Å². The van der Waals surface area contributed by atoms with E-state index in [1.807, 2.05) is 12.1 Å². The molecular weight excluding hydrogens is 236 g/mol. The van der Waals surface area contributed by atoms with Crippen LogP contribution in [-0.4, -0.2) is 14.8 Å². The van der Waals surface area contributed by atoms with Crippen molar-refractivity contribution in [1.29, 1.82) is 0 Å². The van der Waals surface area contributed by atoms with Crippen molar-refractivity contribution in [2.45, 2.75) is 39.7 Å². The van der Waals surface area contributed by atoms with Crippen molar-refractivity contribution in [2.75, 3.05) is 0 Å². The van der Waals surface area contributed by atoms with Gasteiger partial charge in [0, 0.05) is 23.6 Å². The molecule has 0 saturated carbocycles.